The zero-order chi connectivity index (χ0) is 25.6. The van der Waals surface area contributed by atoms with Crippen LogP contribution in [0.15, 0.2) is 44.3 Å². The second-order valence-corrected chi connectivity index (χ2v) is 9.07. The van der Waals surface area contributed by atoms with Gasteiger partial charge in [-0.2, -0.15) is 0 Å². The van der Waals surface area contributed by atoms with Gasteiger partial charge in [0.1, 0.15) is 34.1 Å². The Morgan fingerprint density at radius 2 is 1.94 bits per heavy atom. The number of carbonyl (C=O) groups is 1. The van der Waals surface area contributed by atoms with Crippen LogP contribution in [0, 0.1) is 13.8 Å². The highest BCUT2D eigenvalue weighted by molar-refractivity contribution is 7.13. The number of carbonyl (C=O) groups excluding carboxylic acids is 1. The molecule has 13 nitrogen and oxygen atoms in total. The standard InChI is InChI=1S/C22H21N9O4S/c1-11-5-15(28-35-11)8-30-21(33)17-18(29(4)22(30)34)25-10-31(17)12(2)19(32)26-16-9-36-20(27-16)14-6-23-13(3)24-7-14/h5-7,9-10,12H,8H2,1-4H3,(H,26,32)/t12-/m0/s1. The van der Waals surface area contributed by atoms with Gasteiger partial charge in [-0.1, -0.05) is 5.16 Å². The molecule has 0 saturated heterocycles. The number of aromatic nitrogens is 8. The van der Waals surface area contributed by atoms with Crippen molar-refractivity contribution >= 4 is 34.2 Å². The number of anilines is 1. The lowest BCUT2D eigenvalue weighted by Gasteiger charge is -2.14. The molecule has 5 aromatic rings. The topological polar surface area (TPSA) is 156 Å². The Labute approximate surface area is 207 Å². The second-order valence-electron chi connectivity index (χ2n) is 8.21. The first kappa shape index (κ1) is 23.3. The lowest BCUT2D eigenvalue weighted by atomic mass is 10.3. The summed E-state index contributed by atoms with van der Waals surface area (Å²) in [5.41, 5.74) is 0.333. The zero-order valence-corrected chi connectivity index (χ0v) is 20.6. The molecule has 1 N–H and O–H groups in total. The fraction of sp³-hybridized carbons (Fsp3) is 0.273. The van der Waals surface area contributed by atoms with Crippen LogP contribution in [0.2, 0.25) is 0 Å². The molecule has 14 heteroatoms. The van der Waals surface area contributed by atoms with Gasteiger partial charge in [0.15, 0.2) is 11.2 Å². The molecule has 0 radical (unpaired) electrons. The van der Waals surface area contributed by atoms with Crippen LogP contribution < -0.4 is 16.6 Å². The van der Waals surface area contributed by atoms with E-state index in [1.807, 2.05) is 0 Å². The Morgan fingerprint density at radius 3 is 2.64 bits per heavy atom. The minimum Gasteiger partial charge on any atom is -0.361 e. The van der Waals surface area contributed by atoms with Crippen LogP contribution in [0.3, 0.4) is 0 Å². The number of fused-ring (bicyclic) bond motifs is 1. The summed E-state index contributed by atoms with van der Waals surface area (Å²) in [5.74, 6) is 1.17. The van der Waals surface area contributed by atoms with Gasteiger partial charge in [0.25, 0.3) is 5.56 Å². The number of rotatable bonds is 6. The van der Waals surface area contributed by atoms with Crippen molar-refractivity contribution in [1.82, 2.24) is 38.8 Å². The van der Waals surface area contributed by atoms with Crippen LogP contribution in [0.1, 0.15) is 30.2 Å². The Hall–Kier alpha value is -4.46. The highest BCUT2D eigenvalue weighted by Gasteiger charge is 2.23. The van der Waals surface area contributed by atoms with Crippen molar-refractivity contribution in [1.29, 1.82) is 0 Å². The third kappa shape index (κ3) is 4.11. The van der Waals surface area contributed by atoms with Crippen molar-refractivity contribution in [2.75, 3.05) is 5.32 Å². The van der Waals surface area contributed by atoms with E-state index in [-0.39, 0.29) is 17.7 Å². The Balaban J connectivity index is 1.45. The van der Waals surface area contributed by atoms with Gasteiger partial charge >= 0.3 is 5.69 Å². The third-order valence-corrected chi connectivity index (χ3v) is 6.53. The summed E-state index contributed by atoms with van der Waals surface area (Å²) in [5, 5.41) is 9.01. The van der Waals surface area contributed by atoms with Gasteiger partial charge in [0, 0.05) is 36.5 Å². The predicted octanol–water partition coefficient (Wildman–Crippen LogP) is 1.66. The van der Waals surface area contributed by atoms with Crippen molar-refractivity contribution in [3.05, 3.63) is 68.3 Å². The summed E-state index contributed by atoms with van der Waals surface area (Å²) in [6.45, 7) is 5.07. The molecule has 5 aromatic heterocycles. The van der Waals surface area contributed by atoms with Crippen molar-refractivity contribution in [3.63, 3.8) is 0 Å². The maximum absolute atomic E-state index is 13.3. The summed E-state index contributed by atoms with van der Waals surface area (Å²) in [7, 11) is 1.52. The Morgan fingerprint density at radius 1 is 1.19 bits per heavy atom. The number of amides is 1. The molecule has 1 amide bonds. The van der Waals surface area contributed by atoms with Crippen molar-refractivity contribution in [2.45, 2.75) is 33.4 Å². The van der Waals surface area contributed by atoms with Crippen LogP contribution >= 0.6 is 11.3 Å². The highest BCUT2D eigenvalue weighted by Crippen LogP contribution is 2.25. The van der Waals surface area contributed by atoms with E-state index in [9.17, 15) is 14.4 Å². The third-order valence-electron chi connectivity index (χ3n) is 5.63. The summed E-state index contributed by atoms with van der Waals surface area (Å²) in [6, 6.07) is 0.824. The van der Waals surface area contributed by atoms with Crippen molar-refractivity contribution in [2.24, 2.45) is 7.05 Å². The quantitative estimate of drug-likeness (QED) is 0.361. The second kappa shape index (κ2) is 8.96. The van der Waals surface area contributed by atoms with Gasteiger partial charge in [-0.05, 0) is 20.8 Å². The number of thiazole rings is 1. The average molecular weight is 508 g/mol. The largest absolute Gasteiger partial charge is 0.361 e. The Kier molecular flexibility index (Phi) is 5.80. The number of hydrogen-bond acceptors (Lipinski definition) is 10. The molecule has 184 valence electrons. The minimum atomic E-state index is -0.823. The van der Waals surface area contributed by atoms with E-state index >= 15 is 0 Å². The fourth-order valence-corrected chi connectivity index (χ4v) is 4.43. The molecule has 5 rings (SSSR count). The molecule has 0 fully saturated rings. The maximum atomic E-state index is 13.3. The van der Waals surface area contributed by atoms with Gasteiger partial charge < -0.3 is 14.4 Å². The SMILES string of the molecule is Cc1ncc(-c2nc(NC(=O)[C@H](C)n3cnc4c3c(=O)n(Cc3cc(C)on3)c(=O)n4C)cs2)cn1. The van der Waals surface area contributed by atoms with Gasteiger partial charge in [0.2, 0.25) is 5.91 Å². The van der Waals surface area contributed by atoms with E-state index in [2.05, 4.69) is 30.4 Å². The molecule has 36 heavy (non-hydrogen) atoms. The van der Waals surface area contributed by atoms with Crippen molar-refractivity contribution in [3.8, 4) is 10.6 Å². The van der Waals surface area contributed by atoms with E-state index in [1.165, 1.54) is 33.8 Å². The summed E-state index contributed by atoms with van der Waals surface area (Å²) < 4.78 is 8.80. The highest BCUT2D eigenvalue weighted by atomic mass is 32.1. The van der Waals surface area contributed by atoms with Gasteiger partial charge in [-0.15, -0.1) is 11.3 Å². The first-order valence-electron chi connectivity index (χ1n) is 10.9. The Bertz CT molecular complexity index is 1710. The number of nitrogens with one attached hydrogen (secondary N) is 1. The number of imidazole rings is 1. The number of hydrogen-bond donors (Lipinski definition) is 1. The molecule has 0 unspecified atom stereocenters. The van der Waals surface area contributed by atoms with Crippen LogP contribution in [0.5, 0.6) is 0 Å². The predicted molar refractivity (Wildman–Crippen MR) is 131 cm³/mol. The van der Waals surface area contributed by atoms with E-state index < -0.39 is 23.2 Å². The smallest absolute Gasteiger partial charge is 0.332 e. The summed E-state index contributed by atoms with van der Waals surface area (Å²) in [4.78, 5) is 56.2. The summed E-state index contributed by atoms with van der Waals surface area (Å²) >= 11 is 1.34. The zero-order valence-electron chi connectivity index (χ0n) is 19.8. The molecular formula is C22H21N9O4S. The molecule has 0 aliphatic rings. The average Bonchev–Trinajstić information content (AvgIpc) is 3.60. The normalized spacial score (nSPS) is 12.2. The number of nitrogens with zero attached hydrogens (tertiary/aromatic N) is 8. The molecule has 0 aliphatic carbocycles. The van der Waals surface area contributed by atoms with Crippen LogP contribution in [-0.2, 0) is 18.4 Å². The molecule has 0 bridgehead atoms. The monoisotopic (exact) mass is 507 g/mol. The molecule has 0 spiro atoms. The lowest BCUT2D eigenvalue weighted by molar-refractivity contribution is -0.118. The van der Waals surface area contributed by atoms with Crippen LogP contribution in [-0.4, -0.2) is 44.7 Å². The van der Waals surface area contributed by atoms with E-state index in [1.54, 1.807) is 44.6 Å². The lowest BCUT2D eigenvalue weighted by Crippen LogP contribution is -2.40. The van der Waals surface area contributed by atoms with Crippen LogP contribution in [0.25, 0.3) is 21.7 Å². The summed E-state index contributed by atoms with van der Waals surface area (Å²) in [6.07, 6.45) is 4.71. The first-order valence-corrected chi connectivity index (χ1v) is 11.7. The van der Waals surface area contributed by atoms with E-state index in [0.717, 1.165) is 10.1 Å². The molecule has 0 saturated carbocycles. The van der Waals surface area contributed by atoms with Crippen LogP contribution in [0.4, 0.5) is 5.82 Å². The molecule has 0 aliphatic heterocycles. The fourth-order valence-electron chi connectivity index (χ4n) is 3.70. The van der Waals surface area contributed by atoms with Gasteiger partial charge in [-0.25, -0.2) is 24.7 Å². The van der Waals surface area contributed by atoms with E-state index in [0.29, 0.717) is 28.1 Å². The first-order chi connectivity index (χ1) is 17.2. The molecular weight excluding hydrogens is 486 g/mol. The van der Waals surface area contributed by atoms with Gasteiger partial charge in [0.05, 0.1) is 12.9 Å². The minimum absolute atomic E-state index is 0.0745. The molecule has 0 aromatic carbocycles. The van der Waals surface area contributed by atoms with E-state index in [4.69, 9.17) is 4.52 Å². The number of aryl methyl sites for hydroxylation is 3. The van der Waals surface area contributed by atoms with Crippen molar-refractivity contribution < 1.29 is 9.32 Å². The maximum Gasteiger partial charge on any atom is 0.332 e. The molecule has 1 atom stereocenters. The molecule has 5 heterocycles. The van der Waals surface area contributed by atoms with Gasteiger partial charge in [-0.3, -0.25) is 18.7 Å².